The lowest BCUT2D eigenvalue weighted by molar-refractivity contribution is -0.172. The van der Waals surface area contributed by atoms with Crippen LogP contribution in [0.25, 0.3) is 10.4 Å². The van der Waals surface area contributed by atoms with Gasteiger partial charge in [0.05, 0.1) is 16.9 Å². The van der Waals surface area contributed by atoms with Crippen molar-refractivity contribution in [2.45, 2.75) is 79.6 Å². The highest BCUT2D eigenvalue weighted by Gasteiger charge is 2.45. The number of aliphatic hydroxyl groups excluding tert-OH is 1. The minimum atomic E-state index is -4.84. The maximum Gasteiger partial charge on any atom is 0.483 e. The van der Waals surface area contributed by atoms with Crippen LogP contribution < -0.4 is 11.2 Å². The summed E-state index contributed by atoms with van der Waals surface area (Å²) in [6.07, 6.45) is -3.70. The lowest BCUT2D eigenvalue weighted by Gasteiger charge is -2.26. The molecule has 1 aliphatic heterocycles. The van der Waals surface area contributed by atoms with Crippen LogP contribution in [0.15, 0.2) is 20.9 Å². The molecule has 0 aliphatic carbocycles. The molecule has 1 fully saturated rings. The number of phosphoric acid groups is 1. The summed E-state index contributed by atoms with van der Waals surface area (Å²) in [6, 6.07) is -1.14. The molecule has 1 aromatic rings. The number of carbonyl (C=O) groups excluding carboxylic acids is 2. The van der Waals surface area contributed by atoms with Crippen molar-refractivity contribution in [3.63, 3.8) is 0 Å². The standard InChI is InChI=1S/C22H34N5O12P/c1-12-9-27(20(32)24-16(12)28)14-8-13(25-26-23)15(38-14)17(29)39-40(33,36-10-34-18(30)21(2,3)4)37-11-35-19(31)22(5,6)7/h9,13-15,17,29H,8,10-11H2,1-7H3,(H,24,28,32)/t13?,14-,15+,17?/m1/s1. The van der Waals surface area contributed by atoms with Crippen molar-refractivity contribution >= 4 is 19.8 Å². The third kappa shape index (κ3) is 8.99. The van der Waals surface area contributed by atoms with Gasteiger partial charge in [0.1, 0.15) is 12.3 Å². The van der Waals surface area contributed by atoms with Gasteiger partial charge in [-0.05, 0) is 54.0 Å². The molecule has 0 radical (unpaired) electrons. The fraction of sp³-hybridized carbons (Fsp3) is 0.727. The smallest absolute Gasteiger partial charge is 0.437 e. The first kappa shape index (κ1) is 33.2. The van der Waals surface area contributed by atoms with Gasteiger partial charge < -0.3 is 19.3 Å². The van der Waals surface area contributed by atoms with Crippen molar-refractivity contribution < 1.29 is 47.0 Å². The van der Waals surface area contributed by atoms with Crippen molar-refractivity contribution in [3.8, 4) is 0 Å². The molecule has 2 unspecified atom stereocenters. The van der Waals surface area contributed by atoms with Gasteiger partial charge in [0.15, 0.2) is 6.29 Å². The van der Waals surface area contributed by atoms with E-state index in [2.05, 4.69) is 15.0 Å². The van der Waals surface area contributed by atoms with Gasteiger partial charge in [-0.25, -0.2) is 18.4 Å². The highest BCUT2D eigenvalue weighted by Crippen LogP contribution is 2.51. The number of azide groups is 1. The summed E-state index contributed by atoms with van der Waals surface area (Å²) in [4.78, 5) is 52.9. The molecule has 1 aliphatic rings. The van der Waals surface area contributed by atoms with Gasteiger partial charge in [-0.2, -0.15) is 0 Å². The minimum Gasteiger partial charge on any atom is -0.437 e. The second-order valence-electron chi connectivity index (χ2n) is 10.8. The van der Waals surface area contributed by atoms with Crippen molar-refractivity contribution in [2.24, 2.45) is 15.9 Å². The van der Waals surface area contributed by atoms with Crippen LogP contribution in [0.1, 0.15) is 59.8 Å². The number of esters is 2. The quantitative estimate of drug-likeness (QED) is 0.0943. The van der Waals surface area contributed by atoms with E-state index >= 15 is 0 Å². The van der Waals surface area contributed by atoms with Gasteiger partial charge in [-0.15, -0.1) is 0 Å². The Labute approximate surface area is 228 Å². The molecule has 0 amide bonds. The van der Waals surface area contributed by atoms with Gasteiger partial charge in [-0.1, -0.05) is 5.11 Å². The zero-order valence-electron chi connectivity index (χ0n) is 23.2. The third-order valence-corrected chi connectivity index (χ3v) is 6.65. The molecule has 0 spiro atoms. The lowest BCUT2D eigenvalue weighted by atomic mass is 9.98. The van der Waals surface area contributed by atoms with Gasteiger partial charge in [0.25, 0.3) is 5.56 Å². The summed E-state index contributed by atoms with van der Waals surface area (Å²) >= 11 is 0. The number of nitrogens with one attached hydrogen (secondary N) is 1. The van der Waals surface area contributed by atoms with Gasteiger partial charge >= 0.3 is 25.5 Å². The van der Waals surface area contributed by atoms with Crippen LogP contribution in [0.3, 0.4) is 0 Å². The molecule has 2 N–H and O–H groups in total. The van der Waals surface area contributed by atoms with Crippen LogP contribution in [-0.2, 0) is 41.9 Å². The van der Waals surface area contributed by atoms with E-state index in [1.165, 1.54) is 13.1 Å². The summed E-state index contributed by atoms with van der Waals surface area (Å²) < 4.78 is 45.0. The average Bonchev–Trinajstić information content (AvgIpc) is 3.24. The van der Waals surface area contributed by atoms with Crippen molar-refractivity contribution in [1.82, 2.24) is 9.55 Å². The zero-order valence-corrected chi connectivity index (χ0v) is 24.1. The number of H-pyrrole nitrogens is 1. The number of aromatic nitrogens is 2. The third-order valence-electron chi connectivity index (χ3n) is 5.34. The zero-order chi connectivity index (χ0) is 30.5. The summed E-state index contributed by atoms with van der Waals surface area (Å²) in [5.74, 6) is -1.43. The summed E-state index contributed by atoms with van der Waals surface area (Å²) in [5, 5.41) is 14.3. The van der Waals surface area contributed by atoms with E-state index in [0.29, 0.717) is 0 Å². The first-order valence-corrected chi connectivity index (χ1v) is 13.5. The minimum absolute atomic E-state index is 0.140. The molecular formula is C22H34N5O12P. The van der Waals surface area contributed by atoms with E-state index in [4.69, 9.17) is 33.3 Å². The Morgan fingerprint density at radius 3 is 2.17 bits per heavy atom. The Balaban J connectivity index is 2.24. The predicted octanol–water partition coefficient (Wildman–Crippen LogP) is 2.38. The lowest BCUT2D eigenvalue weighted by Crippen LogP contribution is -2.36. The molecule has 18 heteroatoms. The number of phosphoric ester groups is 1. The Morgan fingerprint density at radius 2 is 1.70 bits per heavy atom. The van der Waals surface area contributed by atoms with Crippen molar-refractivity contribution in [3.05, 3.63) is 43.0 Å². The van der Waals surface area contributed by atoms with Crippen LogP contribution in [0.2, 0.25) is 0 Å². The molecule has 17 nitrogen and oxygen atoms in total. The average molecular weight is 592 g/mol. The molecule has 2 heterocycles. The van der Waals surface area contributed by atoms with Gasteiger partial charge in [-0.3, -0.25) is 28.5 Å². The Hall–Kier alpha value is -3.04. The maximum absolute atomic E-state index is 13.3. The number of aromatic amines is 1. The van der Waals surface area contributed by atoms with Crippen LogP contribution in [-0.4, -0.2) is 58.6 Å². The Kier molecular flexibility index (Phi) is 10.8. The van der Waals surface area contributed by atoms with Gasteiger partial charge in [0, 0.05) is 23.1 Å². The highest BCUT2D eigenvalue weighted by atomic mass is 31.2. The number of nitrogens with zero attached hydrogens (tertiary/aromatic N) is 4. The highest BCUT2D eigenvalue weighted by molar-refractivity contribution is 7.48. The van der Waals surface area contributed by atoms with E-state index in [1.807, 2.05) is 0 Å². The number of ether oxygens (including phenoxy) is 3. The molecule has 224 valence electrons. The number of aryl methyl sites for hydroxylation is 1. The Bertz CT molecular complexity index is 1250. The number of hydrogen-bond donors (Lipinski definition) is 2. The van der Waals surface area contributed by atoms with E-state index in [0.717, 1.165) is 4.57 Å². The molecule has 4 atom stereocenters. The number of rotatable bonds is 11. The van der Waals surface area contributed by atoms with E-state index in [1.54, 1.807) is 41.5 Å². The molecule has 0 aromatic carbocycles. The first-order chi connectivity index (χ1) is 18.4. The molecule has 0 bridgehead atoms. The largest absolute Gasteiger partial charge is 0.483 e. The molecule has 40 heavy (non-hydrogen) atoms. The molecule has 1 aromatic heterocycles. The first-order valence-electron chi connectivity index (χ1n) is 12.0. The fourth-order valence-corrected chi connectivity index (χ4v) is 4.04. The number of hydrogen-bond acceptors (Lipinski definition) is 13. The molecule has 2 rings (SSSR count). The second-order valence-corrected chi connectivity index (χ2v) is 12.5. The Morgan fingerprint density at radius 1 is 1.18 bits per heavy atom. The molecule has 1 saturated heterocycles. The van der Waals surface area contributed by atoms with Crippen molar-refractivity contribution in [1.29, 1.82) is 0 Å². The summed E-state index contributed by atoms with van der Waals surface area (Å²) in [6.45, 7) is 9.00. The van der Waals surface area contributed by atoms with E-state index < -0.39 is 80.1 Å². The second kappa shape index (κ2) is 13.1. The topological polar surface area (TPSA) is 230 Å². The SMILES string of the molecule is Cc1cn([C@H]2CC(N=[N+]=[N-])[C@@H](C(O)OP(=O)(OCOC(=O)C(C)(C)C)OCOC(=O)C(C)(C)C)O2)c(=O)[nH]c1=O. The molecule has 0 saturated carbocycles. The maximum atomic E-state index is 13.3. The monoisotopic (exact) mass is 591 g/mol. The number of carbonyl (C=O) groups is 2. The van der Waals surface area contributed by atoms with Crippen LogP contribution in [0.5, 0.6) is 0 Å². The molecular weight excluding hydrogens is 557 g/mol. The van der Waals surface area contributed by atoms with E-state index in [9.17, 15) is 28.8 Å². The fourth-order valence-electron chi connectivity index (χ4n) is 3.10. The number of aliphatic hydroxyl groups is 1. The van der Waals surface area contributed by atoms with Crippen LogP contribution >= 0.6 is 7.82 Å². The summed E-state index contributed by atoms with van der Waals surface area (Å²) in [5.41, 5.74) is 5.88. The van der Waals surface area contributed by atoms with Crippen molar-refractivity contribution in [2.75, 3.05) is 13.6 Å². The van der Waals surface area contributed by atoms with Crippen LogP contribution in [0, 0.1) is 17.8 Å². The predicted molar refractivity (Wildman–Crippen MR) is 135 cm³/mol. The van der Waals surface area contributed by atoms with Gasteiger partial charge in [0.2, 0.25) is 13.6 Å². The van der Waals surface area contributed by atoms with Crippen LogP contribution in [0.4, 0.5) is 0 Å². The normalized spacial score (nSPS) is 20.4. The van der Waals surface area contributed by atoms with E-state index in [-0.39, 0.29) is 12.0 Å². The summed E-state index contributed by atoms with van der Waals surface area (Å²) in [7, 11) is -4.84.